The van der Waals surface area contributed by atoms with Crippen LogP contribution in [0.25, 0.3) is 0 Å². The van der Waals surface area contributed by atoms with Crippen LogP contribution in [0, 0.1) is 12.8 Å². The highest BCUT2D eigenvalue weighted by Crippen LogP contribution is 2.32. The van der Waals surface area contributed by atoms with Crippen LogP contribution >= 0.6 is 0 Å². The van der Waals surface area contributed by atoms with Gasteiger partial charge >= 0.3 is 5.97 Å². The van der Waals surface area contributed by atoms with Crippen LogP contribution in [0.5, 0.6) is 11.5 Å². The average Bonchev–Trinajstić information content (AvgIpc) is 2.62. The zero-order valence-electron chi connectivity index (χ0n) is 15.1. The first-order chi connectivity index (χ1) is 12.0. The minimum atomic E-state index is -1.04. The molecule has 1 aromatic rings. The van der Waals surface area contributed by atoms with Crippen LogP contribution in [0.3, 0.4) is 0 Å². The molecular formula is C19H27NO5. The highest BCUT2D eigenvalue weighted by molar-refractivity contribution is 5.85. The van der Waals surface area contributed by atoms with Crippen LogP contribution in [-0.4, -0.2) is 37.2 Å². The summed E-state index contributed by atoms with van der Waals surface area (Å²) >= 11 is 0. The lowest BCUT2D eigenvalue weighted by Gasteiger charge is -2.24. The monoisotopic (exact) mass is 349 g/mol. The number of carbonyl (C=O) groups excluding carboxylic acids is 1. The van der Waals surface area contributed by atoms with E-state index in [1.807, 2.05) is 6.92 Å². The second kappa shape index (κ2) is 8.74. The number of ether oxygens (including phenoxy) is 2. The van der Waals surface area contributed by atoms with Crippen molar-refractivity contribution in [3.05, 3.63) is 23.3 Å². The maximum Gasteiger partial charge on any atom is 0.326 e. The van der Waals surface area contributed by atoms with Gasteiger partial charge in [-0.25, -0.2) is 4.79 Å². The topological polar surface area (TPSA) is 84.9 Å². The quantitative estimate of drug-likeness (QED) is 0.790. The van der Waals surface area contributed by atoms with Crippen molar-refractivity contribution >= 4 is 11.9 Å². The summed E-state index contributed by atoms with van der Waals surface area (Å²) < 4.78 is 10.7. The molecule has 138 valence electrons. The number of carbonyl (C=O) groups is 2. The van der Waals surface area contributed by atoms with E-state index in [1.54, 1.807) is 26.4 Å². The molecule has 0 bridgehead atoms. The Labute approximate surface area is 148 Å². The van der Waals surface area contributed by atoms with E-state index in [0.29, 0.717) is 11.5 Å². The third-order valence-corrected chi connectivity index (χ3v) is 4.88. The van der Waals surface area contributed by atoms with E-state index >= 15 is 0 Å². The Morgan fingerprint density at radius 1 is 1.20 bits per heavy atom. The number of rotatable bonds is 7. The average molecular weight is 349 g/mol. The number of hydrogen-bond donors (Lipinski definition) is 2. The van der Waals surface area contributed by atoms with Crippen molar-refractivity contribution in [2.45, 2.75) is 51.5 Å². The Kier molecular flexibility index (Phi) is 6.67. The molecule has 6 heteroatoms. The summed E-state index contributed by atoms with van der Waals surface area (Å²) in [6, 6.07) is 2.60. The van der Waals surface area contributed by atoms with E-state index in [1.165, 1.54) is 0 Å². The predicted molar refractivity (Wildman–Crippen MR) is 94.1 cm³/mol. The summed E-state index contributed by atoms with van der Waals surface area (Å²) in [4.78, 5) is 24.0. The van der Waals surface area contributed by atoms with E-state index < -0.39 is 12.0 Å². The second-order valence-corrected chi connectivity index (χ2v) is 6.52. The maximum atomic E-state index is 12.4. The van der Waals surface area contributed by atoms with E-state index in [9.17, 15) is 14.7 Å². The second-order valence-electron chi connectivity index (χ2n) is 6.52. The number of amides is 1. The molecule has 25 heavy (non-hydrogen) atoms. The molecule has 1 aliphatic rings. The van der Waals surface area contributed by atoms with Gasteiger partial charge in [-0.3, -0.25) is 4.79 Å². The van der Waals surface area contributed by atoms with Gasteiger partial charge in [-0.2, -0.15) is 0 Å². The molecule has 1 amide bonds. The molecule has 0 aromatic heterocycles. The van der Waals surface area contributed by atoms with Crippen LogP contribution in [0.4, 0.5) is 0 Å². The van der Waals surface area contributed by atoms with Gasteiger partial charge in [0.25, 0.3) is 0 Å². The number of aliphatic carboxylic acids is 1. The summed E-state index contributed by atoms with van der Waals surface area (Å²) in [6.07, 6.45) is 5.05. The van der Waals surface area contributed by atoms with Gasteiger partial charge in [0, 0.05) is 17.9 Å². The first-order valence-corrected chi connectivity index (χ1v) is 8.71. The van der Waals surface area contributed by atoms with Crippen molar-refractivity contribution in [1.29, 1.82) is 0 Å². The third-order valence-electron chi connectivity index (χ3n) is 4.88. The molecule has 2 N–H and O–H groups in total. The Morgan fingerprint density at radius 3 is 2.44 bits per heavy atom. The maximum absolute atomic E-state index is 12.4. The van der Waals surface area contributed by atoms with Gasteiger partial charge in [-0.1, -0.05) is 25.3 Å². The fourth-order valence-electron chi connectivity index (χ4n) is 3.47. The lowest BCUT2D eigenvalue weighted by atomic mass is 9.88. The summed E-state index contributed by atoms with van der Waals surface area (Å²) in [5.41, 5.74) is 1.54. The smallest absolute Gasteiger partial charge is 0.326 e. The zero-order valence-corrected chi connectivity index (χ0v) is 15.1. The Hall–Kier alpha value is -2.24. The Balaban J connectivity index is 2.15. The van der Waals surface area contributed by atoms with Crippen LogP contribution in [0.1, 0.15) is 43.2 Å². The molecule has 6 nitrogen and oxygen atoms in total. The minimum Gasteiger partial charge on any atom is -0.496 e. The molecule has 1 aromatic carbocycles. The molecule has 0 saturated heterocycles. The number of nitrogens with one attached hydrogen (secondary N) is 1. The van der Waals surface area contributed by atoms with Crippen LogP contribution in [0.2, 0.25) is 0 Å². The van der Waals surface area contributed by atoms with Gasteiger partial charge in [0.15, 0.2) is 0 Å². The zero-order chi connectivity index (χ0) is 18.4. The normalized spacial score (nSPS) is 16.1. The molecule has 0 radical (unpaired) electrons. The highest BCUT2D eigenvalue weighted by atomic mass is 16.5. The standard InChI is InChI=1S/C19H27NO5/c1-12-16(24-2)10-9-14(17(12)25-3)11-15(19(22)23)20-18(21)13-7-5-4-6-8-13/h9-10,13,15H,4-8,11H2,1-3H3,(H,20,21)(H,22,23). The molecule has 1 aliphatic carbocycles. The van der Waals surface area contributed by atoms with E-state index in [4.69, 9.17) is 9.47 Å². The fraction of sp³-hybridized carbons (Fsp3) is 0.579. The van der Waals surface area contributed by atoms with Gasteiger partial charge in [0.2, 0.25) is 5.91 Å². The van der Waals surface area contributed by atoms with E-state index in [0.717, 1.165) is 43.2 Å². The molecule has 1 saturated carbocycles. The van der Waals surface area contributed by atoms with Crippen LogP contribution in [0.15, 0.2) is 12.1 Å². The third kappa shape index (κ3) is 4.65. The van der Waals surface area contributed by atoms with Crippen molar-refractivity contribution in [3.8, 4) is 11.5 Å². The van der Waals surface area contributed by atoms with E-state index in [2.05, 4.69) is 5.32 Å². The van der Waals surface area contributed by atoms with Crippen molar-refractivity contribution in [2.24, 2.45) is 5.92 Å². The van der Waals surface area contributed by atoms with Gasteiger partial charge in [-0.15, -0.1) is 0 Å². The summed E-state index contributed by atoms with van der Waals surface area (Å²) in [5, 5.41) is 12.2. The number of carboxylic acids is 1. The number of methoxy groups -OCH3 is 2. The summed E-state index contributed by atoms with van der Waals surface area (Å²) in [6.45, 7) is 1.86. The van der Waals surface area contributed by atoms with Gasteiger partial charge in [-0.05, 0) is 31.4 Å². The summed E-state index contributed by atoms with van der Waals surface area (Å²) in [7, 11) is 3.12. The Bertz CT molecular complexity index is 622. The first kappa shape index (κ1) is 19.1. The highest BCUT2D eigenvalue weighted by Gasteiger charge is 2.27. The molecule has 1 unspecified atom stereocenters. The number of benzene rings is 1. The van der Waals surface area contributed by atoms with Gasteiger partial charge < -0.3 is 19.9 Å². The predicted octanol–water partition coefficient (Wildman–Crippen LogP) is 2.70. The van der Waals surface area contributed by atoms with Crippen LogP contribution < -0.4 is 14.8 Å². The largest absolute Gasteiger partial charge is 0.496 e. The van der Waals surface area contributed by atoms with Gasteiger partial charge in [0.1, 0.15) is 17.5 Å². The lowest BCUT2D eigenvalue weighted by molar-refractivity contribution is -0.142. The van der Waals surface area contributed by atoms with Crippen molar-refractivity contribution < 1.29 is 24.2 Å². The molecule has 0 spiro atoms. The SMILES string of the molecule is COc1ccc(CC(NC(=O)C2CCCCC2)C(=O)O)c(OC)c1C. The Morgan fingerprint density at radius 2 is 1.88 bits per heavy atom. The van der Waals surface area contributed by atoms with Crippen molar-refractivity contribution in [2.75, 3.05) is 14.2 Å². The first-order valence-electron chi connectivity index (χ1n) is 8.71. The summed E-state index contributed by atoms with van der Waals surface area (Å²) in [5.74, 6) is 0.00214. The minimum absolute atomic E-state index is 0.0740. The van der Waals surface area contributed by atoms with Crippen molar-refractivity contribution in [1.82, 2.24) is 5.32 Å². The molecule has 1 fully saturated rings. The van der Waals surface area contributed by atoms with Crippen molar-refractivity contribution in [3.63, 3.8) is 0 Å². The number of carboxylic acid groups (broad SMARTS) is 1. The van der Waals surface area contributed by atoms with E-state index in [-0.39, 0.29) is 18.2 Å². The molecule has 2 rings (SSSR count). The molecule has 0 heterocycles. The number of hydrogen-bond acceptors (Lipinski definition) is 4. The molecule has 0 aliphatic heterocycles. The van der Waals surface area contributed by atoms with Gasteiger partial charge in [0.05, 0.1) is 14.2 Å². The lowest BCUT2D eigenvalue weighted by Crippen LogP contribution is -2.45. The fourth-order valence-corrected chi connectivity index (χ4v) is 3.47. The molecule has 1 atom stereocenters. The molecular weight excluding hydrogens is 322 g/mol. The van der Waals surface area contributed by atoms with Crippen LogP contribution in [-0.2, 0) is 16.0 Å².